The van der Waals surface area contributed by atoms with E-state index in [1.807, 2.05) is 36.5 Å². The molecule has 6 heteroatoms. The molecule has 3 aromatic rings. The summed E-state index contributed by atoms with van der Waals surface area (Å²) < 4.78 is 0. The molecule has 1 aromatic heterocycles. The molecule has 1 atom stereocenters. The molecule has 1 fully saturated rings. The Labute approximate surface area is 184 Å². The molecule has 4 rings (SSSR count). The molecular formula is C24H29ClN4O. The number of anilines is 2. The number of aromatic nitrogens is 1. The third kappa shape index (κ3) is 4.85. The highest BCUT2D eigenvalue weighted by molar-refractivity contribution is 5.92. The van der Waals surface area contributed by atoms with E-state index in [2.05, 4.69) is 65.6 Å². The van der Waals surface area contributed by atoms with Gasteiger partial charge in [0.2, 0.25) is 0 Å². The number of fused-ring (bicyclic) bond motifs is 1. The number of pyridine rings is 1. The maximum Gasteiger partial charge on any atom is 0.319 e. The number of carbonyl (C=O) groups is 1. The number of hydrogen-bond acceptors (Lipinski definition) is 3. The zero-order valence-corrected chi connectivity index (χ0v) is 18.5. The highest BCUT2D eigenvalue weighted by Crippen LogP contribution is 2.28. The molecule has 0 aliphatic carbocycles. The van der Waals surface area contributed by atoms with Crippen LogP contribution in [0.1, 0.15) is 32.8 Å². The summed E-state index contributed by atoms with van der Waals surface area (Å²) in [5, 5.41) is 7.22. The Morgan fingerprint density at radius 3 is 2.53 bits per heavy atom. The summed E-state index contributed by atoms with van der Waals surface area (Å²) in [6.45, 7) is 8.25. The summed E-state index contributed by atoms with van der Waals surface area (Å²) >= 11 is 0. The first kappa shape index (κ1) is 21.9. The minimum Gasteiger partial charge on any atom is -0.369 e. The summed E-state index contributed by atoms with van der Waals surface area (Å²) in [7, 11) is 0. The van der Waals surface area contributed by atoms with Crippen LogP contribution >= 0.6 is 12.4 Å². The van der Waals surface area contributed by atoms with Gasteiger partial charge >= 0.3 is 6.03 Å². The summed E-state index contributed by atoms with van der Waals surface area (Å²) in [6, 6.07) is 18.3. The fraction of sp³-hybridized carbons (Fsp3) is 0.333. The van der Waals surface area contributed by atoms with Crippen LogP contribution in [-0.2, 0) is 5.41 Å². The first-order valence-electron chi connectivity index (χ1n) is 10.2. The van der Waals surface area contributed by atoms with Crippen molar-refractivity contribution in [1.82, 2.24) is 10.3 Å². The normalized spacial score (nSPS) is 16.2. The highest BCUT2D eigenvalue weighted by atomic mass is 35.5. The quantitative estimate of drug-likeness (QED) is 0.595. The van der Waals surface area contributed by atoms with Crippen molar-refractivity contribution in [2.45, 2.75) is 38.6 Å². The van der Waals surface area contributed by atoms with Gasteiger partial charge in [0.1, 0.15) is 0 Å². The fourth-order valence-electron chi connectivity index (χ4n) is 3.86. The Morgan fingerprint density at radius 2 is 1.80 bits per heavy atom. The molecule has 2 N–H and O–H groups in total. The van der Waals surface area contributed by atoms with Gasteiger partial charge in [-0.15, -0.1) is 12.4 Å². The number of para-hydroxylation sites is 1. The third-order valence-corrected chi connectivity index (χ3v) is 5.50. The Balaban J connectivity index is 0.00000256. The summed E-state index contributed by atoms with van der Waals surface area (Å²) in [5.41, 5.74) is 4.34. The van der Waals surface area contributed by atoms with Gasteiger partial charge in [0, 0.05) is 42.1 Å². The van der Waals surface area contributed by atoms with Crippen LogP contribution in [0.2, 0.25) is 0 Å². The van der Waals surface area contributed by atoms with Crippen LogP contribution < -0.4 is 15.5 Å². The van der Waals surface area contributed by atoms with Crippen LogP contribution in [0.3, 0.4) is 0 Å². The largest absolute Gasteiger partial charge is 0.369 e. The highest BCUT2D eigenvalue weighted by Gasteiger charge is 2.25. The van der Waals surface area contributed by atoms with Crippen LogP contribution in [0, 0.1) is 0 Å². The van der Waals surface area contributed by atoms with E-state index in [-0.39, 0.29) is 29.9 Å². The standard InChI is InChI=1S/C24H28N4O.ClH/c1-24(2,3)17-8-10-18(11-9-17)26-23(29)27-19-13-15-28(16-19)22-12-14-25-21-7-5-4-6-20(21)22;/h4-12,14,19H,13,15-16H2,1-3H3,(H2,26,27,29);1H/t19-;/m1./s1. The van der Waals surface area contributed by atoms with E-state index in [0.29, 0.717) is 0 Å². The zero-order chi connectivity index (χ0) is 20.4. The molecule has 158 valence electrons. The van der Waals surface area contributed by atoms with Crippen molar-refractivity contribution in [2.24, 2.45) is 0 Å². The number of rotatable bonds is 3. The van der Waals surface area contributed by atoms with Gasteiger partial charge in [-0.3, -0.25) is 4.98 Å². The second kappa shape index (κ2) is 8.92. The molecule has 2 aromatic carbocycles. The minimum atomic E-state index is -0.153. The van der Waals surface area contributed by atoms with Crippen molar-refractivity contribution in [3.8, 4) is 0 Å². The smallest absolute Gasteiger partial charge is 0.319 e. The molecule has 0 radical (unpaired) electrons. The lowest BCUT2D eigenvalue weighted by molar-refractivity contribution is 0.249. The fourth-order valence-corrected chi connectivity index (χ4v) is 3.86. The molecule has 1 aliphatic rings. The van der Waals surface area contributed by atoms with E-state index in [1.54, 1.807) is 0 Å². The van der Waals surface area contributed by atoms with E-state index in [0.717, 1.165) is 36.1 Å². The van der Waals surface area contributed by atoms with E-state index in [9.17, 15) is 4.79 Å². The Bertz CT molecular complexity index is 1010. The van der Waals surface area contributed by atoms with E-state index in [1.165, 1.54) is 11.3 Å². The minimum absolute atomic E-state index is 0. The van der Waals surface area contributed by atoms with Gasteiger partial charge < -0.3 is 15.5 Å². The van der Waals surface area contributed by atoms with E-state index >= 15 is 0 Å². The van der Waals surface area contributed by atoms with Crippen molar-refractivity contribution in [3.05, 3.63) is 66.4 Å². The van der Waals surface area contributed by atoms with Crippen LogP contribution in [0.25, 0.3) is 10.9 Å². The number of amides is 2. The average molecular weight is 425 g/mol. The topological polar surface area (TPSA) is 57.3 Å². The predicted octanol–water partition coefficient (Wildman–Crippen LogP) is 5.35. The van der Waals surface area contributed by atoms with Crippen LogP contribution in [-0.4, -0.2) is 30.1 Å². The number of nitrogens with one attached hydrogen (secondary N) is 2. The molecule has 2 heterocycles. The molecule has 1 aliphatic heterocycles. The summed E-state index contributed by atoms with van der Waals surface area (Å²) in [4.78, 5) is 19.2. The lowest BCUT2D eigenvalue weighted by Gasteiger charge is -2.21. The lowest BCUT2D eigenvalue weighted by atomic mass is 9.87. The Hall–Kier alpha value is -2.79. The van der Waals surface area contributed by atoms with Crippen molar-refractivity contribution >= 4 is 40.7 Å². The number of hydrogen-bond donors (Lipinski definition) is 2. The Morgan fingerprint density at radius 1 is 1.07 bits per heavy atom. The number of urea groups is 1. The van der Waals surface area contributed by atoms with Gasteiger partial charge in [0.05, 0.1) is 5.52 Å². The van der Waals surface area contributed by atoms with Crippen molar-refractivity contribution in [2.75, 3.05) is 23.3 Å². The third-order valence-electron chi connectivity index (χ3n) is 5.50. The van der Waals surface area contributed by atoms with Gasteiger partial charge in [-0.05, 0) is 41.7 Å². The van der Waals surface area contributed by atoms with Gasteiger partial charge in [0.15, 0.2) is 0 Å². The Kier molecular flexibility index (Phi) is 6.52. The first-order chi connectivity index (χ1) is 13.9. The molecule has 30 heavy (non-hydrogen) atoms. The van der Waals surface area contributed by atoms with Crippen molar-refractivity contribution < 1.29 is 4.79 Å². The average Bonchev–Trinajstić information content (AvgIpc) is 3.15. The van der Waals surface area contributed by atoms with Gasteiger partial charge in [0.25, 0.3) is 0 Å². The molecule has 0 unspecified atom stereocenters. The predicted molar refractivity (Wildman–Crippen MR) is 127 cm³/mol. The van der Waals surface area contributed by atoms with Gasteiger partial charge in [-0.2, -0.15) is 0 Å². The molecule has 2 amide bonds. The van der Waals surface area contributed by atoms with Gasteiger partial charge in [-0.1, -0.05) is 51.1 Å². The monoisotopic (exact) mass is 424 g/mol. The summed E-state index contributed by atoms with van der Waals surface area (Å²) in [6.07, 6.45) is 2.78. The zero-order valence-electron chi connectivity index (χ0n) is 17.7. The van der Waals surface area contributed by atoms with Crippen LogP contribution in [0.4, 0.5) is 16.2 Å². The maximum atomic E-state index is 12.5. The van der Waals surface area contributed by atoms with Crippen LogP contribution in [0.15, 0.2) is 60.8 Å². The molecule has 1 saturated heterocycles. The number of halogens is 1. The lowest BCUT2D eigenvalue weighted by Crippen LogP contribution is -2.39. The van der Waals surface area contributed by atoms with E-state index < -0.39 is 0 Å². The number of carbonyl (C=O) groups excluding carboxylic acids is 1. The SMILES string of the molecule is CC(C)(C)c1ccc(NC(=O)N[C@@H]2CCN(c3ccnc4ccccc34)C2)cc1.Cl. The molecule has 0 saturated carbocycles. The van der Waals surface area contributed by atoms with Crippen molar-refractivity contribution in [3.63, 3.8) is 0 Å². The maximum absolute atomic E-state index is 12.5. The van der Waals surface area contributed by atoms with E-state index in [4.69, 9.17) is 0 Å². The van der Waals surface area contributed by atoms with Crippen LogP contribution in [0.5, 0.6) is 0 Å². The summed E-state index contributed by atoms with van der Waals surface area (Å²) in [5.74, 6) is 0. The molecule has 0 spiro atoms. The first-order valence-corrected chi connectivity index (χ1v) is 10.2. The molecular weight excluding hydrogens is 396 g/mol. The molecule has 5 nitrogen and oxygen atoms in total. The van der Waals surface area contributed by atoms with Gasteiger partial charge in [-0.25, -0.2) is 4.79 Å². The number of benzene rings is 2. The van der Waals surface area contributed by atoms with Crippen molar-refractivity contribution in [1.29, 1.82) is 0 Å². The second-order valence-electron chi connectivity index (χ2n) is 8.70. The number of nitrogens with zero attached hydrogens (tertiary/aromatic N) is 2. The molecule has 0 bridgehead atoms. The second-order valence-corrected chi connectivity index (χ2v) is 8.70.